The Hall–Kier alpha value is -3.46. The van der Waals surface area contributed by atoms with Crippen LogP contribution in [0.4, 0.5) is 4.79 Å². The summed E-state index contributed by atoms with van der Waals surface area (Å²) in [5, 5.41) is 15.7. The molecule has 9 nitrogen and oxygen atoms in total. The average molecular weight is 410 g/mol. The van der Waals surface area contributed by atoms with Crippen molar-refractivity contribution in [3.8, 4) is 5.75 Å². The zero-order chi connectivity index (χ0) is 21.4. The lowest BCUT2D eigenvalue weighted by Gasteiger charge is -2.32. The fourth-order valence-electron chi connectivity index (χ4n) is 3.72. The Kier molecular flexibility index (Phi) is 5.13. The van der Waals surface area contributed by atoms with E-state index in [4.69, 9.17) is 4.74 Å². The molecule has 30 heavy (non-hydrogen) atoms. The number of β-amino-alcohol motifs (C(OH)–C–C–N with tert-alkyl or cyclic N) is 1. The number of aliphatic imine (C=N–C) groups is 1. The number of aliphatic hydroxyl groups is 1. The van der Waals surface area contributed by atoms with Crippen LogP contribution < -0.4 is 10.1 Å². The van der Waals surface area contributed by atoms with E-state index in [1.165, 1.54) is 11.9 Å². The third-order valence-electron chi connectivity index (χ3n) is 5.33. The highest BCUT2D eigenvalue weighted by Gasteiger charge is 2.51. The number of hydrogen-bond acceptors (Lipinski definition) is 6. The summed E-state index contributed by atoms with van der Waals surface area (Å²) in [7, 11) is 4.69. The van der Waals surface area contributed by atoms with E-state index in [-0.39, 0.29) is 19.1 Å². The summed E-state index contributed by atoms with van der Waals surface area (Å²) in [5.74, 6) is 1.03. The van der Waals surface area contributed by atoms with Gasteiger partial charge in [0.25, 0.3) is 5.91 Å². The second-order valence-corrected chi connectivity index (χ2v) is 7.31. The molecule has 0 spiro atoms. The van der Waals surface area contributed by atoms with Crippen LogP contribution in [-0.2, 0) is 4.79 Å². The van der Waals surface area contributed by atoms with Gasteiger partial charge in [0.15, 0.2) is 0 Å². The van der Waals surface area contributed by atoms with Crippen LogP contribution in [-0.4, -0.2) is 89.7 Å². The van der Waals surface area contributed by atoms with E-state index in [1.807, 2.05) is 42.5 Å². The minimum Gasteiger partial charge on any atom is -0.491 e. The first kappa shape index (κ1) is 19.8. The highest BCUT2D eigenvalue weighted by Crippen LogP contribution is 2.21. The molecule has 1 saturated heterocycles. The van der Waals surface area contributed by atoms with Gasteiger partial charge in [-0.1, -0.05) is 35.3 Å². The largest absolute Gasteiger partial charge is 0.491 e. The second kappa shape index (κ2) is 7.75. The molecule has 2 unspecified atom stereocenters. The summed E-state index contributed by atoms with van der Waals surface area (Å²) in [6, 6.07) is 12.5. The van der Waals surface area contributed by atoms with Crippen molar-refractivity contribution in [2.75, 3.05) is 34.3 Å². The number of likely N-dealkylation sites (N-methyl/N-ethyl adjacent to an activating group) is 2. The van der Waals surface area contributed by atoms with Gasteiger partial charge in [-0.3, -0.25) is 19.9 Å². The third-order valence-corrected chi connectivity index (χ3v) is 5.33. The van der Waals surface area contributed by atoms with Crippen LogP contribution in [0.5, 0.6) is 5.75 Å². The minimum absolute atomic E-state index is 0.0483. The van der Waals surface area contributed by atoms with Gasteiger partial charge >= 0.3 is 12.0 Å². The average Bonchev–Trinajstić information content (AvgIpc) is 3.13. The minimum atomic E-state index is -0.879. The summed E-state index contributed by atoms with van der Waals surface area (Å²) >= 11 is 0. The molecule has 3 amide bonds. The predicted octanol–water partition coefficient (Wildman–Crippen LogP) is 0.472. The Morgan fingerprint density at radius 2 is 1.90 bits per heavy atom. The van der Waals surface area contributed by atoms with Crippen LogP contribution in [0.2, 0.25) is 0 Å². The molecule has 0 radical (unpaired) electrons. The van der Waals surface area contributed by atoms with Crippen LogP contribution in [0.25, 0.3) is 10.8 Å². The molecule has 156 valence electrons. The van der Waals surface area contributed by atoms with Gasteiger partial charge in [0.2, 0.25) is 11.9 Å². The third kappa shape index (κ3) is 3.37. The van der Waals surface area contributed by atoms with Crippen molar-refractivity contribution in [1.82, 2.24) is 15.1 Å². The lowest BCUT2D eigenvalue weighted by atomic mass is 10.1. The lowest BCUT2D eigenvalue weighted by molar-refractivity contribution is -0.545. The van der Waals surface area contributed by atoms with Crippen molar-refractivity contribution in [3.63, 3.8) is 0 Å². The summed E-state index contributed by atoms with van der Waals surface area (Å²) < 4.78 is 7.43. The van der Waals surface area contributed by atoms with Gasteiger partial charge in [0.1, 0.15) is 18.5 Å². The molecular weight excluding hydrogens is 386 g/mol. The van der Waals surface area contributed by atoms with Crippen molar-refractivity contribution >= 4 is 34.5 Å². The first-order valence-electron chi connectivity index (χ1n) is 9.65. The fraction of sp³-hybridized carbons (Fsp3) is 0.333. The highest BCUT2D eigenvalue weighted by atomic mass is 16.5. The van der Waals surface area contributed by atoms with Gasteiger partial charge < -0.3 is 9.84 Å². The molecule has 2 atom stereocenters. The number of amides is 3. The number of aliphatic hydroxyl groups excluding tert-OH is 1. The van der Waals surface area contributed by atoms with E-state index in [0.29, 0.717) is 17.5 Å². The number of imide groups is 1. The fourth-order valence-corrected chi connectivity index (χ4v) is 3.72. The molecule has 9 heteroatoms. The van der Waals surface area contributed by atoms with Crippen molar-refractivity contribution < 1.29 is 24.0 Å². The second-order valence-electron chi connectivity index (χ2n) is 7.31. The molecule has 0 aromatic heterocycles. The summed E-state index contributed by atoms with van der Waals surface area (Å²) in [5.41, 5.74) is 0. The SMILES string of the molecule is CNC1=[N+](CC(O)COc2ccc3ccccc3c2)C2C(=O)N(C)C(=O)N(C)C2=N1. The maximum absolute atomic E-state index is 12.7. The number of ether oxygens (including phenoxy) is 1. The molecule has 0 bridgehead atoms. The van der Waals surface area contributed by atoms with Gasteiger partial charge in [0, 0.05) is 14.1 Å². The van der Waals surface area contributed by atoms with Gasteiger partial charge in [0.05, 0.1) is 13.6 Å². The van der Waals surface area contributed by atoms with Crippen LogP contribution >= 0.6 is 0 Å². The Balaban J connectivity index is 1.47. The van der Waals surface area contributed by atoms with Crippen LogP contribution in [0.15, 0.2) is 47.5 Å². The van der Waals surface area contributed by atoms with Gasteiger partial charge in [-0.25, -0.2) is 9.37 Å². The first-order valence-corrected chi connectivity index (χ1v) is 9.65. The van der Waals surface area contributed by atoms with E-state index in [0.717, 1.165) is 15.7 Å². The normalized spacial score (nSPS) is 19.9. The standard InChI is InChI=1S/C21H23N5O4/c1-22-20-23-18-17(19(28)25(3)21(29)24(18)2)26(20)11-15(27)12-30-16-9-8-13-6-4-5-7-14(13)10-16/h4-10,15,17,27H,11-12H2,1-3H3/p+1. The zero-order valence-corrected chi connectivity index (χ0v) is 17.1. The molecule has 4 rings (SSSR count). The van der Waals surface area contributed by atoms with Crippen molar-refractivity contribution in [2.45, 2.75) is 12.1 Å². The maximum atomic E-state index is 12.7. The number of nitrogens with zero attached hydrogens (tertiary/aromatic N) is 4. The quantitative estimate of drug-likeness (QED) is 0.699. The van der Waals surface area contributed by atoms with E-state index in [2.05, 4.69) is 10.3 Å². The number of amidine groups is 1. The molecule has 2 aromatic rings. The molecule has 1 fully saturated rings. The molecule has 2 aromatic carbocycles. The zero-order valence-electron chi connectivity index (χ0n) is 17.1. The molecule has 2 aliphatic heterocycles. The first-order chi connectivity index (χ1) is 14.4. The number of fused-ring (bicyclic) bond motifs is 2. The van der Waals surface area contributed by atoms with Crippen LogP contribution in [0.1, 0.15) is 0 Å². The number of benzene rings is 2. The van der Waals surface area contributed by atoms with Crippen LogP contribution in [0, 0.1) is 0 Å². The number of nitrogens with one attached hydrogen (secondary N) is 1. The van der Waals surface area contributed by atoms with Gasteiger partial charge in [-0.15, -0.1) is 0 Å². The highest BCUT2D eigenvalue weighted by molar-refractivity contribution is 6.22. The summed E-state index contributed by atoms with van der Waals surface area (Å²) in [6.07, 6.45) is -0.879. The Morgan fingerprint density at radius 3 is 2.63 bits per heavy atom. The number of carbonyl (C=O) groups is 2. The van der Waals surface area contributed by atoms with Gasteiger partial charge in [-0.05, 0) is 22.9 Å². The number of carbonyl (C=O) groups excluding carboxylic acids is 2. The number of guanidine groups is 1. The summed E-state index contributed by atoms with van der Waals surface area (Å²) in [4.78, 5) is 31.7. The van der Waals surface area contributed by atoms with E-state index < -0.39 is 18.2 Å². The maximum Gasteiger partial charge on any atom is 0.389 e. The van der Waals surface area contributed by atoms with E-state index >= 15 is 0 Å². The Morgan fingerprint density at radius 1 is 1.17 bits per heavy atom. The Bertz CT molecular complexity index is 1080. The molecule has 2 heterocycles. The van der Waals surface area contributed by atoms with E-state index in [9.17, 15) is 14.7 Å². The van der Waals surface area contributed by atoms with Crippen molar-refractivity contribution in [1.29, 1.82) is 0 Å². The molecule has 2 aliphatic rings. The summed E-state index contributed by atoms with van der Waals surface area (Å²) in [6.45, 7) is 0.162. The van der Waals surface area contributed by atoms with Crippen molar-refractivity contribution in [3.05, 3.63) is 42.5 Å². The number of rotatable bonds is 5. The topological polar surface area (TPSA) is 97.5 Å². The van der Waals surface area contributed by atoms with E-state index in [1.54, 1.807) is 18.7 Å². The van der Waals surface area contributed by atoms with Crippen LogP contribution in [0.3, 0.4) is 0 Å². The number of urea groups is 1. The predicted molar refractivity (Wildman–Crippen MR) is 112 cm³/mol. The molecule has 0 aliphatic carbocycles. The molecule has 0 saturated carbocycles. The number of hydrogen-bond donors (Lipinski definition) is 2. The van der Waals surface area contributed by atoms with Gasteiger partial charge in [-0.2, -0.15) is 0 Å². The molecule has 2 N–H and O–H groups in total. The lowest BCUT2D eigenvalue weighted by Crippen LogP contribution is -2.62. The van der Waals surface area contributed by atoms with Crippen molar-refractivity contribution in [2.24, 2.45) is 4.99 Å². The Labute approximate surface area is 173 Å². The monoisotopic (exact) mass is 410 g/mol. The smallest absolute Gasteiger partial charge is 0.389 e. The molecular formula is C21H24N5O4+.